The van der Waals surface area contributed by atoms with Gasteiger partial charge < -0.3 is 4.74 Å². The molecule has 9 nitrogen and oxygen atoms in total. The summed E-state index contributed by atoms with van der Waals surface area (Å²) in [7, 11) is -0.894. The van der Waals surface area contributed by atoms with Crippen LogP contribution in [0.1, 0.15) is 17.7 Å². The lowest BCUT2D eigenvalue weighted by Crippen LogP contribution is -2.40. The van der Waals surface area contributed by atoms with Crippen LogP contribution in [0.4, 0.5) is 10.5 Å². The lowest BCUT2D eigenvalue weighted by molar-refractivity contribution is 0.187. The highest BCUT2D eigenvalue weighted by Crippen LogP contribution is 2.21. The van der Waals surface area contributed by atoms with Crippen LogP contribution in [0.2, 0.25) is 0 Å². The number of carbonyl (C=O) groups excluding carboxylic acids is 1. The number of aryl methyl sites for hydroxylation is 2. The minimum Gasteiger partial charge on any atom is -0.453 e. The van der Waals surface area contributed by atoms with E-state index in [-0.39, 0.29) is 16.5 Å². The van der Waals surface area contributed by atoms with E-state index in [9.17, 15) is 18.0 Å². The number of rotatable bonds is 4. The van der Waals surface area contributed by atoms with Crippen LogP contribution in [0.15, 0.2) is 40.0 Å². The molecule has 144 valence electrons. The zero-order valence-corrected chi connectivity index (χ0v) is 15.7. The maximum absolute atomic E-state index is 12.6. The zero-order valence-electron chi connectivity index (χ0n) is 14.9. The van der Waals surface area contributed by atoms with E-state index in [0.717, 1.165) is 11.3 Å². The van der Waals surface area contributed by atoms with Crippen molar-refractivity contribution in [3.8, 4) is 0 Å². The van der Waals surface area contributed by atoms with E-state index in [1.54, 1.807) is 7.05 Å². The maximum Gasteiger partial charge on any atom is 0.411 e. The molecule has 3 rings (SSSR count). The number of carbonyl (C=O) groups is 1. The van der Waals surface area contributed by atoms with Gasteiger partial charge in [0, 0.05) is 24.8 Å². The molecule has 1 heterocycles. The summed E-state index contributed by atoms with van der Waals surface area (Å²) in [5, 5.41) is 6.68. The first-order valence-corrected chi connectivity index (χ1v) is 9.80. The molecule has 1 atom stereocenters. The standard InChI is InChI=1S/C17H20N4O5S/c1-21-16(22)10-11-9-13(5-8-15(11)19-21)20-27(24,25)14-6-3-12(4-7-14)18-17(23)26-2/h3-4,6-7,10,13,20H,5,8-9H2,1-2H3,(H,18,23). The lowest BCUT2D eigenvalue weighted by Gasteiger charge is -2.24. The maximum atomic E-state index is 12.6. The van der Waals surface area contributed by atoms with E-state index in [1.165, 1.54) is 42.1 Å². The zero-order chi connectivity index (χ0) is 19.6. The molecule has 1 amide bonds. The molecule has 10 heteroatoms. The third kappa shape index (κ3) is 4.34. The van der Waals surface area contributed by atoms with Crippen molar-refractivity contribution in [2.24, 2.45) is 7.05 Å². The van der Waals surface area contributed by atoms with Crippen LogP contribution in [0, 0.1) is 0 Å². The minimum atomic E-state index is -3.73. The van der Waals surface area contributed by atoms with Crippen LogP contribution in [0.5, 0.6) is 0 Å². The van der Waals surface area contributed by atoms with Gasteiger partial charge in [-0.25, -0.2) is 22.6 Å². The summed E-state index contributed by atoms with van der Waals surface area (Å²) in [6.07, 6.45) is 0.974. The van der Waals surface area contributed by atoms with Crippen molar-refractivity contribution < 1.29 is 17.9 Å². The topological polar surface area (TPSA) is 119 Å². The summed E-state index contributed by atoms with van der Waals surface area (Å²) in [6, 6.07) is 6.97. The molecule has 1 aliphatic carbocycles. The van der Waals surface area contributed by atoms with Crippen molar-refractivity contribution in [1.29, 1.82) is 0 Å². The highest BCUT2D eigenvalue weighted by atomic mass is 32.2. The summed E-state index contributed by atoms with van der Waals surface area (Å²) < 4.78 is 33.7. The van der Waals surface area contributed by atoms with Crippen LogP contribution in [0.3, 0.4) is 0 Å². The Kier molecular flexibility index (Phi) is 5.29. The van der Waals surface area contributed by atoms with Crippen molar-refractivity contribution in [3.63, 3.8) is 0 Å². The molecule has 1 unspecified atom stereocenters. The molecule has 2 N–H and O–H groups in total. The predicted molar refractivity (Wildman–Crippen MR) is 98.1 cm³/mol. The number of benzene rings is 1. The molecule has 0 saturated carbocycles. The number of nitrogens with zero attached hydrogens (tertiary/aromatic N) is 2. The second-order valence-corrected chi connectivity index (χ2v) is 7.99. The molecular weight excluding hydrogens is 372 g/mol. The number of sulfonamides is 1. The molecule has 0 bridgehead atoms. The molecule has 1 aromatic heterocycles. The molecule has 1 aliphatic rings. The van der Waals surface area contributed by atoms with Crippen LogP contribution in [-0.2, 0) is 34.6 Å². The first kappa shape index (κ1) is 19.1. The number of hydrogen-bond donors (Lipinski definition) is 2. The minimum absolute atomic E-state index is 0.0887. The van der Waals surface area contributed by atoms with Gasteiger partial charge in [-0.1, -0.05) is 0 Å². The quantitative estimate of drug-likeness (QED) is 0.794. The number of amides is 1. The average Bonchev–Trinajstić information content (AvgIpc) is 2.63. The fraction of sp³-hybridized carbons (Fsp3) is 0.353. The fourth-order valence-corrected chi connectivity index (χ4v) is 4.23. The van der Waals surface area contributed by atoms with Crippen molar-refractivity contribution >= 4 is 21.8 Å². The fourth-order valence-electron chi connectivity index (χ4n) is 2.96. The molecule has 0 aliphatic heterocycles. The van der Waals surface area contributed by atoms with Crippen LogP contribution in [0.25, 0.3) is 0 Å². The summed E-state index contributed by atoms with van der Waals surface area (Å²) in [5.74, 6) is 0. The lowest BCUT2D eigenvalue weighted by atomic mass is 9.93. The Morgan fingerprint density at radius 2 is 2.00 bits per heavy atom. The second-order valence-electron chi connectivity index (χ2n) is 6.28. The smallest absolute Gasteiger partial charge is 0.411 e. The Bertz CT molecular complexity index is 1010. The Morgan fingerprint density at radius 3 is 2.67 bits per heavy atom. The predicted octanol–water partition coefficient (Wildman–Crippen LogP) is 0.794. The molecule has 1 aromatic carbocycles. The number of hydrogen-bond acceptors (Lipinski definition) is 6. The molecule has 2 aromatic rings. The molecule has 0 fully saturated rings. The van der Waals surface area contributed by atoms with Crippen molar-refractivity contribution in [1.82, 2.24) is 14.5 Å². The van der Waals surface area contributed by atoms with Gasteiger partial charge in [0.1, 0.15) is 0 Å². The Morgan fingerprint density at radius 1 is 1.30 bits per heavy atom. The molecule has 0 spiro atoms. The number of ether oxygens (including phenoxy) is 1. The van der Waals surface area contributed by atoms with Gasteiger partial charge in [-0.2, -0.15) is 5.10 Å². The SMILES string of the molecule is COC(=O)Nc1ccc(S(=O)(=O)NC2CCc3nn(C)c(=O)cc3C2)cc1. The van der Waals surface area contributed by atoms with Crippen molar-refractivity contribution in [2.75, 3.05) is 12.4 Å². The monoisotopic (exact) mass is 392 g/mol. The third-order valence-electron chi connectivity index (χ3n) is 4.37. The number of fused-ring (bicyclic) bond motifs is 1. The highest BCUT2D eigenvalue weighted by molar-refractivity contribution is 7.89. The first-order chi connectivity index (χ1) is 12.8. The highest BCUT2D eigenvalue weighted by Gasteiger charge is 2.25. The van der Waals surface area contributed by atoms with E-state index < -0.39 is 16.1 Å². The van der Waals surface area contributed by atoms with Gasteiger partial charge in [-0.05, 0) is 49.1 Å². The molecule has 0 saturated heterocycles. The van der Waals surface area contributed by atoms with Gasteiger partial charge in [-0.3, -0.25) is 10.1 Å². The van der Waals surface area contributed by atoms with Crippen molar-refractivity contribution in [2.45, 2.75) is 30.2 Å². The van der Waals surface area contributed by atoms with Crippen LogP contribution in [-0.4, -0.2) is 37.4 Å². The van der Waals surface area contributed by atoms with Crippen LogP contribution < -0.4 is 15.6 Å². The van der Waals surface area contributed by atoms with E-state index in [2.05, 4.69) is 19.9 Å². The van der Waals surface area contributed by atoms with Gasteiger partial charge in [0.05, 0.1) is 17.7 Å². The molecular formula is C17H20N4O5S. The van der Waals surface area contributed by atoms with Gasteiger partial charge in [0.25, 0.3) is 5.56 Å². The van der Waals surface area contributed by atoms with Gasteiger partial charge in [0.2, 0.25) is 10.0 Å². The summed E-state index contributed by atoms with van der Waals surface area (Å²) in [6.45, 7) is 0. The average molecular weight is 392 g/mol. The van der Waals surface area contributed by atoms with E-state index in [1.807, 2.05) is 0 Å². The van der Waals surface area contributed by atoms with E-state index >= 15 is 0 Å². The van der Waals surface area contributed by atoms with Crippen LogP contribution >= 0.6 is 0 Å². The Balaban J connectivity index is 1.72. The van der Waals surface area contributed by atoms with Gasteiger partial charge >= 0.3 is 6.09 Å². The Labute approximate surface area is 156 Å². The van der Waals surface area contributed by atoms with Gasteiger partial charge in [0.15, 0.2) is 0 Å². The normalized spacial score (nSPS) is 16.4. The third-order valence-corrected chi connectivity index (χ3v) is 5.91. The first-order valence-electron chi connectivity index (χ1n) is 8.32. The van der Waals surface area contributed by atoms with Gasteiger partial charge in [-0.15, -0.1) is 0 Å². The summed E-state index contributed by atoms with van der Waals surface area (Å²) in [5.41, 5.74) is 1.81. The largest absolute Gasteiger partial charge is 0.453 e. The second kappa shape index (κ2) is 7.49. The molecule has 0 radical (unpaired) electrons. The van der Waals surface area contributed by atoms with Crippen molar-refractivity contribution in [3.05, 3.63) is 51.9 Å². The summed E-state index contributed by atoms with van der Waals surface area (Å²) >= 11 is 0. The summed E-state index contributed by atoms with van der Waals surface area (Å²) in [4.78, 5) is 23.0. The van der Waals surface area contributed by atoms with E-state index in [4.69, 9.17) is 0 Å². The number of aromatic nitrogens is 2. The van der Waals surface area contributed by atoms with E-state index in [0.29, 0.717) is 24.9 Å². The number of anilines is 1. The number of nitrogens with one attached hydrogen (secondary N) is 2. The molecule has 27 heavy (non-hydrogen) atoms. The Hall–Kier alpha value is -2.72. The number of methoxy groups -OCH3 is 1.